The molecule has 2 unspecified atom stereocenters. The smallest absolute Gasteiger partial charge is 0.303 e. The van der Waals surface area contributed by atoms with Crippen molar-refractivity contribution >= 4 is 5.97 Å². The Balaban J connectivity index is 1.45. The topological polar surface area (TPSA) is 74.2 Å². The SMILES string of the molecule is CC1(C)COC2(CC[C@@H](C=CC(OC3CCCCO3)C3CCCCCC3)[C@@H]2CCC=CCCC(=O)O)OC1. The lowest BCUT2D eigenvalue weighted by atomic mass is 9.85. The van der Waals surface area contributed by atoms with Gasteiger partial charge in [0.1, 0.15) is 0 Å². The second kappa shape index (κ2) is 14.4. The van der Waals surface area contributed by atoms with E-state index in [4.69, 9.17) is 24.1 Å². The van der Waals surface area contributed by atoms with Crippen LogP contribution in [0.1, 0.15) is 110 Å². The number of hydrogen-bond acceptors (Lipinski definition) is 5. The zero-order valence-electron chi connectivity index (χ0n) is 23.9. The first-order valence-corrected chi connectivity index (χ1v) is 15.5. The molecule has 2 heterocycles. The largest absolute Gasteiger partial charge is 0.481 e. The monoisotopic (exact) mass is 532 g/mol. The highest BCUT2D eigenvalue weighted by molar-refractivity contribution is 5.66. The van der Waals surface area contributed by atoms with Crippen molar-refractivity contribution in [2.24, 2.45) is 23.2 Å². The van der Waals surface area contributed by atoms with Crippen molar-refractivity contribution in [3.63, 3.8) is 0 Å². The number of carboxylic acids is 1. The highest BCUT2D eigenvalue weighted by Gasteiger charge is 2.52. The molecule has 4 aliphatic rings. The van der Waals surface area contributed by atoms with Crippen molar-refractivity contribution in [2.45, 2.75) is 128 Å². The van der Waals surface area contributed by atoms with E-state index >= 15 is 0 Å². The van der Waals surface area contributed by atoms with Gasteiger partial charge in [-0.25, -0.2) is 0 Å². The maximum Gasteiger partial charge on any atom is 0.303 e. The molecular weight excluding hydrogens is 480 g/mol. The molecule has 0 radical (unpaired) electrons. The van der Waals surface area contributed by atoms with Gasteiger partial charge in [-0.2, -0.15) is 0 Å². The molecule has 2 aliphatic carbocycles. The van der Waals surface area contributed by atoms with Gasteiger partial charge in [-0.05, 0) is 69.6 Å². The van der Waals surface area contributed by atoms with E-state index in [-0.39, 0.29) is 30.1 Å². The summed E-state index contributed by atoms with van der Waals surface area (Å²) >= 11 is 0. The molecule has 2 aliphatic heterocycles. The Labute approximate surface area is 230 Å². The van der Waals surface area contributed by atoms with E-state index in [2.05, 4.69) is 32.1 Å². The summed E-state index contributed by atoms with van der Waals surface area (Å²) in [6.07, 6.45) is 24.7. The second-order valence-corrected chi connectivity index (χ2v) is 12.9. The van der Waals surface area contributed by atoms with Crippen LogP contribution in [0.15, 0.2) is 24.3 Å². The lowest BCUT2D eigenvalue weighted by molar-refractivity contribution is -0.316. The van der Waals surface area contributed by atoms with E-state index in [9.17, 15) is 4.79 Å². The minimum absolute atomic E-state index is 0.0406. The molecule has 4 atom stereocenters. The van der Waals surface area contributed by atoms with Crippen LogP contribution in [0.25, 0.3) is 0 Å². The van der Waals surface area contributed by atoms with Crippen LogP contribution in [0.3, 0.4) is 0 Å². The molecule has 2 saturated carbocycles. The van der Waals surface area contributed by atoms with Crippen molar-refractivity contribution in [2.75, 3.05) is 19.8 Å². The van der Waals surface area contributed by atoms with Gasteiger partial charge in [-0.3, -0.25) is 4.79 Å². The summed E-state index contributed by atoms with van der Waals surface area (Å²) in [5.74, 6) is -0.0316. The van der Waals surface area contributed by atoms with E-state index in [0.717, 1.165) is 58.3 Å². The fraction of sp³-hybridized carbons (Fsp3) is 0.844. The van der Waals surface area contributed by atoms with E-state index in [1.807, 2.05) is 6.08 Å². The molecule has 1 spiro atoms. The standard InChI is InChI=1S/C32H52O6/c1-31(2)23-36-32(37-24-31)21-20-25(27(32)15-9-5-6-10-16-29(33)34)18-19-28(26-13-7-3-4-8-14-26)38-30-17-11-12-22-35-30/h5-6,18-19,25-28,30H,3-4,7-17,20-24H2,1-2H3,(H,33,34)/t25-,27+,28?,30?/m1/s1. The van der Waals surface area contributed by atoms with Gasteiger partial charge in [0.25, 0.3) is 0 Å². The van der Waals surface area contributed by atoms with Crippen molar-refractivity contribution in [3.05, 3.63) is 24.3 Å². The van der Waals surface area contributed by atoms with Gasteiger partial charge >= 0.3 is 5.97 Å². The maximum absolute atomic E-state index is 10.8. The van der Waals surface area contributed by atoms with Crippen LogP contribution in [-0.2, 0) is 23.7 Å². The van der Waals surface area contributed by atoms with Crippen molar-refractivity contribution < 1.29 is 28.8 Å². The van der Waals surface area contributed by atoms with E-state index < -0.39 is 11.8 Å². The van der Waals surface area contributed by atoms with Crippen molar-refractivity contribution in [3.8, 4) is 0 Å². The summed E-state index contributed by atoms with van der Waals surface area (Å²) < 4.78 is 25.7. The number of hydrogen-bond donors (Lipinski definition) is 1. The van der Waals surface area contributed by atoms with Crippen LogP contribution in [0.2, 0.25) is 0 Å². The number of carboxylic acid groups (broad SMARTS) is 1. The van der Waals surface area contributed by atoms with E-state index in [0.29, 0.717) is 18.3 Å². The van der Waals surface area contributed by atoms with Gasteiger partial charge < -0.3 is 24.1 Å². The Morgan fingerprint density at radius 1 is 0.974 bits per heavy atom. The summed E-state index contributed by atoms with van der Waals surface area (Å²) in [6, 6.07) is 0. The third-order valence-corrected chi connectivity index (χ3v) is 9.02. The number of ether oxygens (including phenoxy) is 4. The molecule has 2 saturated heterocycles. The average molecular weight is 533 g/mol. The van der Waals surface area contributed by atoms with Gasteiger partial charge in [-0.15, -0.1) is 0 Å². The zero-order chi connectivity index (χ0) is 26.8. The summed E-state index contributed by atoms with van der Waals surface area (Å²) in [7, 11) is 0. The minimum atomic E-state index is -0.745. The molecule has 38 heavy (non-hydrogen) atoms. The molecule has 6 nitrogen and oxygen atoms in total. The Hall–Kier alpha value is -1.21. The molecule has 216 valence electrons. The molecule has 6 heteroatoms. The fourth-order valence-electron chi connectivity index (χ4n) is 6.74. The molecule has 1 N–H and O–H groups in total. The summed E-state index contributed by atoms with van der Waals surface area (Å²) in [6.45, 7) is 6.66. The van der Waals surface area contributed by atoms with Crippen molar-refractivity contribution in [1.82, 2.24) is 0 Å². The highest BCUT2D eigenvalue weighted by atomic mass is 16.7. The van der Waals surface area contributed by atoms with Gasteiger partial charge in [0.15, 0.2) is 12.1 Å². The van der Waals surface area contributed by atoms with Crippen LogP contribution in [0.4, 0.5) is 0 Å². The van der Waals surface area contributed by atoms with Crippen LogP contribution >= 0.6 is 0 Å². The summed E-state index contributed by atoms with van der Waals surface area (Å²) in [5, 5.41) is 8.91. The molecule has 0 bridgehead atoms. The molecule has 0 aromatic carbocycles. The predicted octanol–water partition coefficient (Wildman–Crippen LogP) is 7.42. The Kier molecular flexibility index (Phi) is 11.3. The lowest BCUT2D eigenvalue weighted by Crippen LogP contribution is -2.50. The zero-order valence-corrected chi connectivity index (χ0v) is 23.9. The van der Waals surface area contributed by atoms with Crippen LogP contribution < -0.4 is 0 Å². The quantitative estimate of drug-likeness (QED) is 0.220. The third-order valence-electron chi connectivity index (χ3n) is 9.02. The molecule has 4 rings (SSSR count). The highest BCUT2D eigenvalue weighted by Crippen LogP contribution is 2.50. The maximum atomic E-state index is 10.8. The lowest BCUT2D eigenvalue weighted by Gasteiger charge is -2.45. The molecular formula is C32H52O6. The molecule has 0 aromatic heterocycles. The average Bonchev–Trinajstić information content (AvgIpc) is 3.05. The summed E-state index contributed by atoms with van der Waals surface area (Å²) in [5.41, 5.74) is 0.0406. The van der Waals surface area contributed by atoms with E-state index in [1.54, 1.807) is 0 Å². The van der Waals surface area contributed by atoms with Gasteiger partial charge in [0.05, 0.1) is 19.3 Å². The minimum Gasteiger partial charge on any atom is -0.481 e. The van der Waals surface area contributed by atoms with Gasteiger partial charge in [-0.1, -0.05) is 63.8 Å². The Bertz CT molecular complexity index is 765. The number of allylic oxidation sites excluding steroid dienone is 3. The van der Waals surface area contributed by atoms with Gasteiger partial charge in [0, 0.05) is 30.8 Å². The van der Waals surface area contributed by atoms with Crippen LogP contribution in [0, 0.1) is 23.2 Å². The second-order valence-electron chi connectivity index (χ2n) is 12.9. The summed E-state index contributed by atoms with van der Waals surface area (Å²) in [4.78, 5) is 10.8. The normalized spacial score (nSPS) is 31.2. The Morgan fingerprint density at radius 2 is 1.68 bits per heavy atom. The van der Waals surface area contributed by atoms with E-state index in [1.165, 1.54) is 44.9 Å². The van der Waals surface area contributed by atoms with Crippen LogP contribution in [0.5, 0.6) is 0 Å². The van der Waals surface area contributed by atoms with Crippen molar-refractivity contribution in [1.29, 1.82) is 0 Å². The number of rotatable bonds is 11. The van der Waals surface area contributed by atoms with Crippen LogP contribution in [-0.4, -0.2) is 49.1 Å². The number of carbonyl (C=O) groups is 1. The Morgan fingerprint density at radius 3 is 2.37 bits per heavy atom. The first-order chi connectivity index (χ1) is 18.4. The first-order valence-electron chi connectivity index (χ1n) is 15.5. The first kappa shape index (κ1) is 29.8. The molecule has 0 aromatic rings. The fourth-order valence-corrected chi connectivity index (χ4v) is 6.74. The molecule has 4 fully saturated rings. The van der Waals surface area contributed by atoms with Gasteiger partial charge in [0.2, 0.25) is 0 Å². The number of aliphatic carboxylic acids is 1. The predicted molar refractivity (Wildman–Crippen MR) is 149 cm³/mol. The third kappa shape index (κ3) is 8.64. The molecule has 0 amide bonds.